The van der Waals surface area contributed by atoms with Crippen LogP contribution in [0, 0.1) is 0 Å². The quantitative estimate of drug-likeness (QED) is 0.516. The number of H-pyrrole nitrogens is 1. The van der Waals surface area contributed by atoms with Gasteiger partial charge in [0.05, 0.1) is 11.9 Å². The largest absolute Gasteiger partial charge is 0.339 e. The van der Waals surface area contributed by atoms with Crippen LogP contribution in [0.25, 0.3) is 16.7 Å². The lowest BCUT2D eigenvalue weighted by atomic mass is 10.2. The third-order valence-corrected chi connectivity index (χ3v) is 4.83. The Morgan fingerprint density at radius 3 is 2.70 bits per heavy atom. The maximum absolute atomic E-state index is 12.5. The van der Waals surface area contributed by atoms with E-state index in [2.05, 4.69) is 20.4 Å². The number of amides is 1. The van der Waals surface area contributed by atoms with Crippen molar-refractivity contribution in [3.63, 3.8) is 0 Å². The van der Waals surface area contributed by atoms with Gasteiger partial charge in [0, 0.05) is 25.7 Å². The van der Waals surface area contributed by atoms with Gasteiger partial charge in [0.2, 0.25) is 11.9 Å². The standard InChI is InChI=1S/C22H22N6O2/c1-3-27(15(2)29)14-16-8-7-9-17(12-16)24-22-25-20-19(21(30)26-22)13-23-28(20)18-10-5-4-6-11-18/h4-13H,3,14H2,1-2H3,(H2,24,25,26,30). The third kappa shape index (κ3) is 3.93. The van der Waals surface area contributed by atoms with Gasteiger partial charge in [-0.2, -0.15) is 10.1 Å². The number of anilines is 2. The molecule has 0 aliphatic carbocycles. The van der Waals surface area contributed by atoms with E-state index in [1.807, 2.05) is 61.5 Å². The number of carbonyl (C=O) groups excluding carboxylic acids is 1. The van der Waals surface area contributed by atoms with Gasteiger partial charge in [0.25, 0.3) is 5.56 Å². The second kappa shape index (κ2) is 8.20. The van der Waals surface area contributed by atoms with Gasteiger partial charge in [-0.15, -0.1) is 0 Å². The Balaban J connectivity index is 1.65. The van der Waals surface area contributed by atoms with Crippen LogP contribution in [0.2, 0.25) is 0 Å². The van der Waals surface area contributed by atoms with Gasteiger partial charge in [-0.25, -0.2) is 4.68 Å². The molecule has 2 heterocycles. The molecule has 0 radical (unpaired) electrons. The van der Waals surface area contributed by atoms with Crippen molar-refractivity contribution in [1.82, 2.24) is 24.6 Å². The van der Waals surface area contributed by atoms with Gasteiger partial charge in [0.15, 0.2) is 5.65 Å². The smallest absolute Gasteiger partial charge is 0.263 e. The van der Waals surface area contributed by atoms with E-state index in [1.165, 1.54) is 6.20 Å². The lowest BCUT2D eigenvalue weighted by Gasteiger charge is -2.19. The summed E-state index contributed by atoms with van der Waals surface area (Å²) in [4.78, 5) is 33.3. The number of fused-ring (bicyclic) bond motifs is 1. The highest BCUT2D eigenvalue weighted by Gasteiger charge is 2.12. The summed E-state index contributed by atoms with van der Waals surface area (Å²) in [7, 11) is 0. The van der Waals surface area contributed by atoms with Crippen molar-refractivity contribution >= 4 is 28.6 Å². The number of hydrogen-bond acceptors (Lipinski definition) is 5. The van der Waals surface area contributed by atoms with E-state index < -0.39 is 0 Å². The number of nitrogens with one attached hydrogen (secondary N) is 2. The fourth-order valence-electron chi connectivity index (χ4n) is 3.29. The first-order valence-electron chi connectivity index (χ1n) is 9.70. The van der Waals surface area contributed by atoms with Crippen molar-refractivity contribution < 1.29 is 4.79 Å². The summed E-state index contributed by atoms with van der Waals surface area (Å²) in [6.45, 7) is 4.67. The average Bonchev–Trinajstić information content (AvgIpc) is 3.17. The van der Waals surface area contributed by atoms with Crippen molar-refractivity contribution in [2.24, 2.45) is 0 Å². The molecule has 8 nitrogen and oxygen atoms in total. The molecule has 1 amide bonds. The minimum atomic E-state index is -0.269. The van der Waals surface area contributed by atoms with Crippen molar-refractivity contribution in [3.8, 4) is 5.69 Å². The second-order valence-corrected chi connectivity index (χ2v) is 6.90. The van der Waals surface area contributed by atoms with E-state index >= 15 is 0 Å². The molecule has 2 aromatic heterocycles. The summed E-state index contributed by atoms with van der Waals surface area (Å²) in [5.74, 6) is 0.350. The highest BCUT2D eigenvalue weighted by atomic mass is 16.2. The number of carbonyl (C=O) groups is 1. The lowest BCUT2D eigenvalue weighted by molar-refractivity contribution is -0.129. The Kier molecular flexibility index (Phi) is 5.30. The highest BCUT2D eigenvalue weighted by Crippen LogP contribution is 2.19. The zero-order valence-corrected chi connectivity index (χ0v) is 16.8. The van der Waals surface area contributed by atoms with Gasteiger partial charge in [-0.1, -0.05) is 30.3 Å². The first kappa shape index (κ1) is 19.4. The van der Waals surface area contributed by atoms with Crippen LogP contribution < -0.4 is 10.9 Å². The van der Waals surface area contributed by atoms with Crippen LogP contribution in [0.4, 0.5) is 11.6 Å². The maximum atomic E-state index is 12.5. The van der Waals surface area contributed by atoms with Gasteiger partial charge in [-0.3, -0.25) is 14.6 Å². The number of aromatic nitrogens is 4. The van der Waals surface area contributed by atoms with Gasteiger partial charge in [-0.05, 0) is 36.8 Å². The molecule has 152 valence electrons. The third-order valence-electron chi connectivity index (χ3n) is 4.83. The number of nitrogens with zero attached hydrogens (tertiary/aromatic N) is 4. The van der Waals surface area contributed by atoms with Crippen LogP contribution in [0.3, 0.4) is 0 Å². The van der Waals surface area contributed by atoms with E-state index in [9.17, 15) is 9.59 Å². The molecule has 0 unspecified atom stereocenters. The number of aromatic amines is 1. The summed E-state index contributed by atoms with van der Waals surface area (Å²) >= 11 is 0. The summed E-state index contributed by atoms with van der Waals surface area (Å²) < 4.78 is 1.64. The number of para-hydroxylation sites is 1. The van der Waals surface area contributed by atoms with Gasteiger partial charge < -0.3 is 10.2 Å². The minimum Gasteiger partial charge on any atom is -0.339 e. The molecule has 4 rings (SSSR count). The molecule has 30 heavy (non-hydrogen) atoms. The van der Waals surface area contributed by atoms with Crippen molar-refractivity contribution in [2.75, 3.05) is 11.9 Å². The average molecular weight is 402 g/mol. The van der Waals surface area contributed by atoms with Crippen LogP contribution in [0.1, 0.15) is 19.4 Å². The first-order valence-corrected chi connectivity index (χ1v) is 9.70. The van der Waals surface area contributed by atoms with Crippen LogP contribution in [0.5, 0.6) is 0 Å². The van der Waals surface area contributed by atoms with Crippen molar-refractivity contribution in [1.29, 1.82) is 0 Å². The van der Waals surface area contributed by atoms with E-state index in [-0.39, 0.29) is 11.5 Å². The van der Waals surface area contributed by atoms with E-state index in [0.29, 0.717) is 30.1 Å². The number of hydrogen-bond donors (Lipinski definition) is 2. The molecule has 0 saturated carbocycles. The zero-order valence-electron chi connectivity index (χ0n) is 16.8. The molecule has 0 fully saturated rings. The lowest BCUT2D eigenvalue weighted by Crippen LogP contribution is -2.27. The van der Waals surface area contributed by atoms with Gasteiger partial charge >= 0.3 is 0 Å². The van der Waals surface area contributed by atoms with Crippen LogP contribution in [0.15, 0.2) is 65.6 Å². The van der Waals surface area contributed by atoms with Crippen LogP contribution in [-0.4, -0.2) is 37.1 Å². The normalized spacial score (nSPS) is 10.9. The van der Waals surface area contributed by atoms with Crippen molar-refractivity contribution in [3.05, 3.63) is 76.7 Å². The number of benzene rings is 2. The SMILES string of the molecule is CCN(Cc1cccc(Nc2nc3c(cnn3-c3ccccc3)c(=O)[nH]2)c1)C(C)=O. The molecule has 4 aromatic rings. The molecule has 2 N–H and O–H groups in total. The highest BCUT2D eigenvalue weighted by molar-refractivity contribution is 5.77. The van der Waals surface area contributed by atoms with E-state index in [0.717, 1.165) is 16.9 Å². The van der Waals surface area contributed by atoms with Crippen LogP contribution in [-0.2, 0) is 11.3 Å². The predicted molar refractivity (Wildman–Crippen MR) is 116 cm³/mol. The topological polar surface area (TPSA) is 95.9 Å². The molecule has 8 heteroatoms. The molecule has 0 atom stereocenters. The Bertz CT molecular complexity index is 1250. The molecule has 2 aromatic carbocycles. The molecular formula is C22H22N6O2. The Labute approximate surface area is 173 Å². The maximum Gasteiger partial charge on any atom is 0.263 e. The molecule has 0 aliphatic heterocycles. The van der Waals surface area contributed by atoms with Gasteiger partial charge in [0.1, 0.15) is 5.39 Å². The fraction of sp³-hybridized carbons (Fsp3) is 0.182. The summed E-state index contributed by atoms with van der Waals surface area (Å²) in [6, 6.07) is 17.2. The fourth-order valence-corrected chi connectivity index (χ4v) is 3.29. The summed E-state index contributed by atoms with van der Waals surface area (Å²) in [5.41, 5.74) is 2.77. The summed E-state index contributed by atoms with van der Waals surface area (Å²) in [5, 5.41) is 7.89. The summed E-state index contributed by atoms with van der Waals surface area (Å²) in [6.07, 6.45) is 1.51. The van der Waals surface area contributed by atoms with E-state index in [1.54, 1.807) is 16.5 Å². The molecule has 0 spiro atoms. The molecule has 0 aliphatic rings. The number of rotatable bonds is 6. The predicted octanol–water partition coefficient (Wildman–Crippen LogP) is 3.22. The Morgan fingerprint density at radius 1 is 1.17 bits per heavy atom. The Morgan fingerprint density at radius 2 is 1.97 bits per heavy atom. The monoisotopic (exact) mass is 402 g/mol. The van der Waals surface area contributed by atoms with E-state index in [4.69, 9.17) is 0 Å². The van der Waals surface area contributed by atoms with Crippen molar-refractivity contribution in [2.45, 2.75) is 20.4 Å². The second-order valence-electron chi connectivity index (χ2n) is 6.90. The molecular weight excluding hydrogens is 380 g/mol. The van der Waals surface area contributed by atoms with Crippen LogP contribution >= 0.6 is 0 Å². The molecule has 0 bridgehead atoms. The minimum absolute atomic E-state index is 0.0292. The first-order chi connectivity index (χ1) is 14.5. The molecule has 0 saturated heterocycles. The zero-order chi connectivity index (χ0) is 21.1. The Hall–Kier alpha value is -3.94.